The summed E-state index contributed by atoms with van der Waals surface area (Å²) in [4.78, 5) is 12.0. The lowest BCUT2D eigenvalue weighted by atomic mass is 9.77. The van der Waals surface area contributed by atoms with E-state index in [2.05, 4.69) is 0 Å². The van der Waals surface area contributed by atoms with Crippen molar-refractivity contribution in [2.75, 3.05) is 0 Å². The van der Waals surface area contributed by atoms with E-state index in [1.807, 2.05) is 54.6 Å². The molecule has 0 heterocycles. The summed E-state index contributed by atoms with van der Waals surface area (Å²) in [6, 6.07) is 17.6. The van der Waals surface area contributed by atoms with Crippen molar-refractivity contribution in [3.63, 3.8) is 0 Å². The van der Waals surface area contributed by atoms with Gasteiger partial charge in [0.05, 0.1) is 0 Å². The number of rotatable bonds is 2. The van der Waals surface area contributed by atoms with E-state index in [4.69, 9.17) is 0 Å². The van der Waals surface area contributed by atoms with Gasteiger partial charge in [0.2, 0.25) is 0 Å². The van der Waals surface area contributed by atoms with Gasteiger partial charge in [-0.3, -0.25) is 4.79 Å². The molecule has 2 aromatic rings. The Kier molecular flexibility index (Phi) is 3.15. The number of fused-ring (bicyclic) bond motifs is 1. The zero-order valence-corrected chi connectivity index (χ0v) is 11.3. The quantitative estimate of drug-likeness (QED) is 0.893. The van der Waals surface area contributed by atoms with Gasteiger partial charge in [0, 0.05) is 17.1 Å². The molecule has 0 unspecified atom stereocenters. The Morgan fingerprint density at radius 2 is 1.70 bits per heavy atom. The van der Waals surface area contributed by atoms with Gasteiger partial charge in [-0.1, -0.05) is 54.6 Å². The van der Waals surface area contributed by atoms with Crippen LogP contribution in [0.15, 0.2) is 60.2 Å². The molecule has 0 saturated heterocycles. The third kappa shape index (κ3) is 2.03. The molecule has 0 aliphatic heterocycles. The third-order valence-electron chi connectivity index (χ3n) is 3.88. The van der Waals surface area contributed by atoms with Gasteiger partial charge >= 0.3 is 0 Å². The number of allylic oxidation sites excluding steroid dienone is 1. The minimum atomic E-state index is -0.0661. The Balaban J connectivity index is 2.18. The molecule has 2 aromatic carbocycles. The average Bonchev–Trinajstić information content (AvgIpc) is 2.47. The minimum absolute atomic E-state index is 0.0640. The number of Topliss-reactive ketones (excluding diaryl/α,β-unsaturated/α-hetero) is 1. The Morgan fingerprint density at radius 1 is 1.05 bits per heavy atom. The van der Waals surface area contributed by atoms with Crippen LogP contribution in [0.5, 0.6) is 0 Å². The summed E-state index contributed by atoms with van der Waals surface area (Å²) in [7, 11) is 0. The Bertz CT molecular complexity index is 684. The number of benzene rings is 2. The van der Waals surface area contributed by atoms with Crippen molar-refractivity contribution in [2.24, 2.45) is 0 Å². The zero-order valence-electron chi connectivity index (χ0n) is 11.3. The summed E-state index contributed by atoms with van der Waals surface area (Å²) in [5, 5.41) is 10.5. The molecule has 1 aliphatic rings. The number of aliphatic hydroxyl groups is 1. The highest BCUT2D eigenvalue weighted by atomic mass is 16.3. The molecule has 1 N–H and O–H groups in total. The molecular formula is C18H16O2. The molecule has 0 amide bonds. The van der Waals surface area contributed by atoms with Crippen molar-refractivity contribution in [1.82, 2.24) is 0 Å². The Labute approximate surface area is 118 Å². The highest BCUT2D eigenvalue weighted by Crippen LogP contribution is 2.39. The van der Waals surface area contributed by atoms with Crippen LogP contribution < -0.4 is 0 Å². The monoisotopic (exact) mass is 264 g/mol. The lowest BCUT2D eigenvalue weighted by molar-refractivity contribution is -0.113. The number of ketones is 1. The summed E-state index contributed by atoms with van der Waals surface area (Å²) in [6.07, 6.45) is 0.749. The first kappa shape index (κ1) is 12.7. The lowest BCUT2D eigenvalue weighted by Gasteiger charge is -2.27. The SMILES string of the molecule is CC(=O)C1=C(O)c2ccccc2C[C@@H]1c1ccccc1. The standard InChI is InChI=1S/C18H16O2/c1-12(19)17-16(13-7-3-2-4-8-13)11-14-9-5-6-10-15(14)18(17)20/h2-10,16,20H,11H2,1H3/t16-/m1/s1. The Hall–Kier alpha value is -2.35. The predicted molar refractivity (Wildman–Crippen MR) is 79.6 cm³/mol. The second-order valence-corrected chi connectivity index (χ2v) is 5.14. The second-order valence-electron chi connectivity index (χ2n) is 5.14. The van der Waals surface area contributed by atoms with Crippen LogP contribution in [0, 0.1) is 0 Å². The lowest BCUT2D eigenvalue weighted by Crippen LogP contribution is -2.19. The largest absolute Gasteiger partial charge is 0.507 e. The average molecular weight is 264 g/mol. The highest BCUT2D eigenvalue weighted by molar-refractivity contribution is 6.02. The van der Waals surface area contributed by atoms with Gasteiger partial charge in [0.25, 0.3) is 0 Å². The van der Waals surface area contributed by atoms with E-state index in [0.29, 0.717) is 5.57 Å². The summed E-state index contributed by atoms with van der Waals surface area (Å²) in [5.41, 5.74) is 3.46. The summed E-state index contributed by atoms with van der Waals surface area (Å²) < 4.78 is 0. The van der Waals surface area contributed by atoms with Crippen molar-refractivity contribution in [3.8, 4) is 0 Å². The maximum absolute atomic E-state index is 12.0. The molecular weight excluding hydrogens is 248 g/mol. The molecule has 1 atom stereocenters. The number of aliphatic hydroxyl groups excluding tert-OH is 1. The number of carbonyl (C=O) groups excluding carboxylic acids is 1. The molecule has 0 fully saturated rings. The highest BCUT2D eigenvalue weighted by Gasteiger charge is 2.30. The topological polar surface area (TPSA) is 37.3 Å². The first-order valence-electron chi connectivity index (χ1n) is 6.75. The van der Waals surface area contributed by atoms with Gasteiger partial charge in [-0.2, -0.15) is 0 Å². The van der Waals surface area contributed by atoms with Gasteiger partial charge in [0.1, 0.15) is 5.76 Å². The first-order valence-corrected chi connectivity index (χ1v) is 6.75. The second kappa shape index (κ2) is 4.97. The summed E-state index contributed by atoms with van der Waals surface area (Å²) in [6.45, 7) is 1.52. The molecule has 0 saturated carbocycles. The molecule has 0 bridgehead atoms. The first-order chi connectivity index (χ1) is 9.68. The molecule has 3 rings (SSSR count). The van der Waals surface area contributed by atoms with Crippen LogP contribution in [-0.4, -0.2) is 10.9 Å². The molecule has 0 radical (unpaired) electrons. The fourth-order valence-corrected chi connectivity index (χ4v) is 2.94. The van der Waals surface area contributed by atoms with Gasteiger partial charge < -0.3 is 5.11 Å². The van der Waals surface area contributed by atoms with Crippen LogP contribution in [0.2, 0.25) is 0 Å². The van der Waals surface area contributed by atoms with E-state index < -0.39 is 0 Å². The van der Waals surface area contributed by atoms with E-state index in [1.165, 1.54) is 6.92 Å². The number of hydrogen-bond acceptors (Lipinski definition) is 2. The van der Waals surface area contributed by atoms with Crippen molar-refractivity contribution in [2.45, 2.75) is 19.3 Å². The number of hydrogen-bond donors (Lipinski definition) is 1. The van der Waals surface area contributed by atoms with Gasteiger partial charge in [0.15, 0.2) is 5.78 Å². The molecule has 100 valence electrons. The van der Waals surface area contributed by atoms with Crippen molar-refractivity contribution in [3.05, 3.63) is 76.9 Å². The normalized spacial score (nSPS) is 17.8. The van der Waals surface area contributed by atoms with Crippen molar-refractivity contribution < 1.29 is 9.90 Å². The van der Waals surface area contributed by atoms with E-state index in [-0.39, 0.29) is 17.5 Å². The molecule has 0 spiro atoms. The summed E-state index contributed by atoms with van der Waals surface area (Å²) in [5.74, 6) is 0.00246. The molecule has 20 heavy (non-hydrogen) atoms. The Morgan fingerprint density at radius 3 is 2.40 bits per heavy atom. The summed E-state index contributed by atoms with van der Waals surface area (Å²) >= 11 is 0. The molecule has 0 aromatic heterocycles. The van der Waals surface area contributed by atoms with E-state index in [9.17, 15) is 9.90 Å². The molecule has 2 nitrogen and oxygen atoms in total. The van der Waals surface area contributed by atoms with Crippen molar-refractivity contribution in [1.29, 1.82) is 0 Å². The van der Waals surface area contributed by atoms with E-state index >= 15 is 0 Å². The zero-order chi connectivity index (χ0) is 14.1. The van der Waals surface area contributed by atoms with Gasteiger partial charge in [-0.05, 0) is 24.5 Å². The smallest absolute Gasteiger partial charge is 0.160 e. The minimum Gasteiger partial charge on any atom is -0.507 e. The molecule has 1 aliphatic carbocycles. The maximum Gasteiger partial charge on any atom is 0.160 e. The maximum atomic E-state index is 12.0. The predicted octanol–water partition coefficient (Wildman–Crippen LogP) is 3.88. The fourth-order valence-electron chi connectivity index (χ4n) is 2.94. The van der Waals surface area contributed by atoms with Crippen LogP contribution in [0.1, 0.15) is 29.5 Å². The molecule has 2 heteroatoms. The van der Waals surface area contributed by atoms with Crippen LogP contribution in [-0.2, 0) is 11.2 Å². The number of carbonyl (C=O) groups is 1. The third-order valence-corrected chi connectivity index (χ3v) is 3.88. The van der Waals surface area contributed by atoms with Crippen LogP contribution in [0.3, 0.4) is 0 Å². The van der Waals surface area contributed by atoms with Crippen molar-refractivity contribution >= 4 is 11.5 Å². The van der Waals surface area contributed by atoms with Gasteiger partial charge in [-0.25, -0.2) is 0 Å². The van der Waals surface area contributed by atoms with Crippen LogP contribution in [0.4, 0.5) is 0 Å². The fraction of sp³-hybridized carbons (Fsp3) is 0.167. The van der Waals surface area contributed by atoms with E-state index in [1.54, 1.807) is 0 Å². The van der Waals surface area contributed by atoms with Crippen LogP contribution in [0.25, 0.3) is 5.76 Å². The van der Waals surface area contributed by atoms with Gasteiger partial charge in [-0.15, -0.1) is 0 Å². The van der Waals surface area contributed by atoms with Crippen LogP contribution >= 0.6 is 0 Å². The van der Waals surface area contributed by atoms with E-state index in [0.717, 1.165) is 23.1 Å².